The van der Waals surface area contributed by atoms with E-state index >= 15 is 0 Å². The summed E-state index contributed by atoms with van der Waals surface area (Å²) in [5.74, 6) is 1.71. The summed E-state index contributed by atoms with van der Waals surface area (Å²) in [7, 11) is 3.31. The van der Waals surface area contributed by atoms with Gasteiger partial charge in [-0.1, -0.05) is 25.5 Å². The number of aliphatic imine (C=N–C) groups is 2. The molecule has 0 saturated heterocycles. The van der Waals surface area contributed by atoms with E-state index in [1.54, 1.807) is 14.2 Å². The van der Waals surface area contributed by atoms with Gasteiger partial charge in [-0.15, -0.1) is 0 Å². The van der Waals surface area contributed by atoms with Gasteiger partial charge in [0.05, 0.1) is 14.2 Å². The second kappa shape index (κ2) is 6.22. The van der Waals surface area contributed by atoms with Crippen LogP contribution in [-0.2, 0) is 9.47 Å². The molecule has 4 nitrogen and oxygen atoms in total. The van der Waals surface area contributed by atoms with Gasteiger partial charge in [0.1, 0.15) is 11.6 Å². The average molecular weight is 266 g/mol. The van der Waals surface area contributed by atoms with Gasteiger partial charge in [-0.3, -0.25) is 0 Å². The molecule has 0 bridgehead atoms. The van der Waals surface area contributed by atoms with Crippen molar-refractivity contribution >= 4 is 11.8 Å². The summed E-state index contributed by atoms with van der Waals surface area (Å²) >= 11 is 0. The Labute approximate surface area is 116 Å². The molecule has 0 aromatic heterocycles. The van der Waals surface area contributed by atoms with E-state index in [0.29, 0.717) is 17.7 Å². The highest BCUT2D eigenvalue weighted by atomic mass is 16.5. The van der Waals surface area contributed by atoms with Gasteiger partial charge in [-0.25, -0.2) is 9.98 Å². The van der Waals surface area contributed by atoms with Crippen molar-refractivity contribution in [3.63, 3.8) is 0 Å². The van der Waals surface area contributed by atoms with Crippen LogP contribution in [0.5, 0.6) is 0 Å². The maximum absolute atomic E-state index is 5.47. The first-order chi connectivity index (χ1) is 8.84. The zero-order valence-corrected chi connectivity index (χ0v) is 13.2. The number of ether oxygens (including phenoxy) is 2. The van der Waals surface area contributed by atoms with E-state index < -0.39 is 5.54 Å². The first kappa shape index (κ1) is 15.7. The number of nitrogens with zero attached hydrogens (tertiary/aromatic N) is 2. The summed E-state index contributed by atoms with van der Waals surface area (Å²) in [6.07, 6.45) is 2.92. The lowest BCUT2D eigenvalue weighted by atomic mass is 9.93. The fraction of sp³-hybridized carbons (Fsp3) is 0.733. The number of hydrogen-bond acceptors (Lipinski definition) is 4. The lowest BCUT2D eigenvalue weighted by Crippen LogP contribution is -2.44. The van der Waals surface area contributed by atoms with Crippen molar-refractivity contribution in [1.82, 2.24) is 0 Å². The SMILES string of the molecule is COC1=N[C@](C)(CC=C(C)C)C(OC)=N[C@H]1C(C)C. The molecule has 0 spiro atoms. The van der Waals surface area contributed by atoms with Crippen LogP contribution in [0, 0.1) is 5.92 Å². The molecule has 1 heterocycles. The second-order valence-electron chi connectivity index (χ2n) is 5.74. The fourth-order valence-electron chi connectivity index (χ4n) is 2.09. The van der Waals surface area contributed by atoms with Gasteiger partial charge in [0.15, 0.2) is 0 Å². The van der Waals surface area contributed by atoms with E-state index in [0.717, 1.165) is 6.42 Å². The third kappa shape index (κ3) is 3.58. The molecule has 0 radical (unpaired) electrons. The predicted molar refractivity (Wildman–Crippen MR) is 80.0 cm³/mol. The fourth-order valence-corrected chi connectivity index (χ4v) is 2.09. The molecule has 1 rings (SSSR count). The number of methoxy groups -OCH3 is 2. The van der Waals surface area contributed by atoms with Gasteiger partial charge in [0, 0.05) is 0 Å². The van der Waals surface area contributed by atoms with Crippen molar-refractivity contribution in [2.75, 3.05) is 14.2 Å². The molecule has 0 N–H and O–H groups in total. The number of rotatable bonds is 3. The normalized spacial score (nSPS) is 26.6. The summed E-state index contributed by atoms with van der Waals surface area (Å²) in [4.78, 5) is 9.45. The third-order valence-corrected chi connectivity index (χ3v) is 3.27. The first-order valence-corrected chi connectivity index (χ1v) is 6.73. The van der Waals surface area contributed by atoms with Crippen LogP contribution in [-0.4, -0.2) is 37.6 Å². The first-order valence-electron chi connectivity index (χ1n) is 6.73. The van der Waals surface area contributed by atoms with E-state index in [1.807, 2.05) is 6.92 Å². The standard InChI is InChI=1S/C15H26N2O2/c1-10(2)8-9-15(5)14(19-7)16-12(11(3)4)13(17-15)18-6/h8,11-12H,9H2,1-7H3/t12-,15+/m0/s1. The Hall–Kier alpha value is -1.32. The summed E-state index contributed by atoms with van der Waals surface area (Å²) in [6, 6.07) is -0.0558. The zero-order chi connectivity index (χ0) is 14.6. The highest BCUT2D eigenvalue weighted by Gasteiger charge is 2.38. The minimum atomic E-state index is -0.469. The molecule has 0 fully saturated rings. The van der Waals surface area contributed by atoms with E-state index in [2.05, 4.69) is 33.8 Å². The summed E-state index contributed by atoms with van der Waals surface area (Å²) in [5, 5.41) is 0. The maximum atomic E-state index is 5.47. The second-order valence-corrected chi connectivity index (χ2v) is 5.74. The Morgan fingerprint density at radius 2 is 1.95 bits per heavy atom. The zero-order valence-electron chi connectivity index (χ0n) is 13.2. The van der Waals surface area contributed by atoms with Crippen molar-refractivity contribution in [2.24, 2.45) is 15.9 Å². The van der Waals surface area contributed by atoms with Gasteiger partial charge < -0.3 is 9.47 Å². The van der Waals surface area contributed by atoms with Crippen molar-refractivity contribution in [3.8, 4) is 0 Å². The van der Waals surface area contributed by atoms with E-state index in [4.69, 9.17) is 19.5 Å². The highest BCUT2D eigenvalue weighted by Crippen LogP contribution is 2.28. The van der Waals surface area contributed by atoms with Gasteiger partial charge in [-0.2, -0.15) is 0 Å². The molecule has 1 aliphatic rings. The van der Waals surface area contributed by atoms with E-state index in [1.165, 1.54) is 5.57 Å². The molecule has 0 amide bonds. The van der Waals surface area contributed by atoms with Crippen LogP contribution in [0.2, 0.25) is 0 Å². The predicted octanol–water partition coefficient (Wildman–Crippen LogP) is 3.23. The smallest absolute Gasteiger partial charge is 0.212 e. The van der Waals surface area contributed by atoms with Crippen molar-refractivity contribution in [3.05, 3.63) is 11.6 Å². The number of hydrogen-bond donors (Lipinski definition) is 0. The Kier molecular flexibility index (Phi) is 5.15. The Bertz CT molecular complexity index is 406. The monoisotopic (exact) mass is 266 g/mol. The van der Waals surface area contributed by atoms with E-state index in [-0.39, 0.29) is 6.04 Å². The molecule has 0 saturated carbocycles. The van der Waals surface area contributed by atoms with Gasteiger partial charge in [0.2, 0.25) is 11.8 Å². The molecule has 0 unspecified atom stereocenters. The maximum Gasteiger partial charge on any atom is 0.212 e. The van der Waals surface area contributed by atoms with E-state index in [9.17, 15) is 0 Å². The van der Waals surface area contributed by atoms with Crippen LogP contribution in [0.3, 0.4) is 0 Å². The molecule has 0 aromatic carbocycles. The minimum Gasteiger partial charge on any atom is -0.483 e. The van der Waals surface area contributed by atoms with Crippen molar-refractivity contribution < 1.29 is 9.47 Å². The molecule has 0 aromatic rings. The van der Waals surface area contributed by atoms with Gasteiger partial charge >= 0.3 is 0 Å². The van der Waals surface area contributed by atoms with Gasteiger partial charge in [0.25, 0.3) is 0 Å². The quantitative estimate of drug-likeness (QED) is 0.736. The topological polar surface area (TPSA) is 43.2 Å². The Morgan fingerprint density at radius 3 is 2.37 bits per heavy atom. The van der Waals surface area contributed by atoms with Crippen LogP contribution in [0.25, 0.3) is 0 Å². The Morgan fingerprint density at radius 1 is 1.32 bits per heavy atom. The summed E-state index contributed by atoms with van der Waals surface area (Å²) in [5.41, 5.74) is 0.791. The van der Waals surface area contributed by atoms with Gasteiger partial charge in [-0.05, 0) is 33.1 Å². The van der Waals surface area contributed by atoms with Crippen LogP contribution >= 0.6 is 0 Å². The van der Waals surface area contributed by atoms with Crippen molar-refractivity contribution in [1.29, 1.82) is 0 Å². The van der Waals surface area contributed by atoms with Crippen LogP contribution in [0.1, 0.15) is 41.0 Å². The molecule has 19 heavy (non-hydrogen) atoms. The molecule has 0 aliphatic carbocycles. The van der Waals surface area contributed by atoms with Crippen molar-refractivity contribution in [2.45, 2.75) is 52.6 Å². The largest absolute Gasteiger partial charge is 0.483 e. The average Bonchev–Trinajstić information content (AvgIpc) is 2.35. The third-order valence-electron chi connectivity index (χ3n) is 3.27. The molecule has 4 heteroatoms. The lowest BCUT2D eigenvalue weighted by molar-refractivity contribution is 0.311. The van der Waals surface area contributed by atoms with Crippen LogP contribution < -0.4 is 0 Å². The lowest BCUT2D eigenvalue weighted by Gasteiger charge is -2.33. The molecular weight excluding hydrogens is 240 g/mol. The molecule has 108 valence electrons. The molecule has 2 atom stereocenters. The van der Waals surface area contributed by atoms with Crippen LogP contribution in [0.4, 0.5) is 0 Å². The molecular formula is C15H26N2O2. The molecule has 1 aliphatic heterocycles. The minimum absolute atomic E-state index is 0.0558. The van der Waals surface area contributed by atoms with Crippen LogP contribution in [0.15, 0.2) is 21.6 Å². The summed E-state index contributed by atoms with van der Waals surface area (Å²) < 4.78 is 10.9. The number of allylic oxidation sites excluding steroid dienone is 1. The highest BCUT2D eigenvalue weighted by molar-refractivity contribution is 5.96. The summed E-state index contributed by atoms with van der Waals surface area (Å²) in [6.45, 7) is 10.4. The Balaban J connectivity index is 3.14.